The van der Waals surface area contributed by atoms with Crippen LogP contribution in [0.3, 0.4) is 0 Å². The molecule has 1 aromatic rings. The van der Waals surface area contributed by atoms with E-state index in [0.29, 0.717) is 12.5 Å². The zero-order chi connectivity index (χ0) is 13.5. The average molecular weight is 260 g/mol. The summed E-state index contributed by atoms with van der Waals surface area (Å²) in [5.41, 5.74) is 1.08. The number of hydrogen-bond acceptors (Lipinski definition) is 2. The van der Waals surface area contributed by atoms with Crippen molar-refractivity contribution in [2.45, 2.75) is 38.6 Å². The second-order valence-corrected chi connectivity index (χ2v) is 5.32. The van der Waals surface area contributed by atoms with Crippen molar-refractivity contribution in [1.82, 2.24) is 10.2 Å². The van der Waals surface area contributed by atoms with Gasteiger partial charge in [0.2, 0.25) is 5.91 Å². The molecule has 1 fully saturated rings. The molecule has 1 aromatic carbocycles. The summed E-state index contributed by atoms with van der Waals surface area (Å²) >= 11 is 0. The summed E-state index contributed by atoms with van der Waals surface area (Å²) < 4.78 is 0. The van der Waals surface area contributed by atoms with E-state index in [1.54, 1.807) is 0 Å². The lowest BCUT2D eigenvalue weighted by molar-refractivity contribution is -0.121. The minimum Gasteiger partial charge on any atom is -0.352 e. The fourth-order valence-corrected chi connectivity index (χ4v) is 2.69. The van der Waals surface area contributed by atoms with Gasteiger partial charge in [-0.15, -0.1) is 0 Å². The van der Waals surface area contributed by atoms with Crippen molar-refractivity contribution in [3.8, 4) is 0 Å². The van der Waals surface area contributed by atoms with Crippen LogP contribution >= 0.6 is 0 Å². The lowest BCUT2D eigenvalue weighted by atomic mass is 10.1. The molecule has 1 saturated heterocycles. The fourth-order valence-electron chi connectivity index (χ4n) is 2.69. The third-order valence-corrected chi connectivity index (χ3v) is 3.78. The Morgan fingerprint density at radius 1 is 1.32 bits per heavy atom. The molecule has 1 N–H and O–H groups in total. The number of likely N-dealkylation sites (N-methyl/N-ethyl adjacent to an activating group) is 1. The van der Waals surface area contributed by atoms with Crippen LogP contribution in [0.15, 0.2) is 30.3 Å². The van der Waals surface area contributed by atoms with Crippen molar-refractivity contribution in [2.24, 2.45) is 0 Å². The molecule has 1 atom stereocenters. The van der Waals surface area contributed by atoms with E-state index >= 15 is 0 Å². The quantitative estimate of drug-likeness (QED) is 0.900. The highest BCUT2D eigenvalue weighted by atomic mass is 16.1. The van der Waals surface area contributed by atoms with E-state index in [4.69, 9.17) is 0 Å². The van der Waals surface area contributed by atoms with Crippen LogP contribution in [0.1, 0.15) is 31.7 Å². The predicted octanol–water partition coefficient (Wildman–Crippen LogP) is 2.22. The maximum absolute atomic E-state index is 12.1. The Balaban J connectivity index is 1.84. The Hall–Kier alpha value is -1.35. The first kappa shape index (κ1) is 14.1. The van der Waals surface area contributed by atoms with Crippen molar-refractivity contribution in [1.29, 1.82) is 0 Å². The number of nitrogens with one attached hydrogen (secondary N) is 1. The van der Waals surface area contributed by atoms with E-state index in [2.05, 4.69) is 17.1 Å². The van der Waals surface area contributed by atoms with Gasteiger partial charge in [-0.25, -0.2) is 0 Å². The molecule has 0 aromatic heterocycles. The van der Waals surface area contributed by atoms with E-state index in [-0.39, 0.29) is 5.91 Å². The highest BCUT2D eigenvalue weighted by molar-refractivity contribution is 5.78. The van der Waals surface area contributed by atoms with Gasteiger partial charge in [-0.3, -0.25) is 4.79 Å². The number of carbonyl (C=O) groups excluding carboxylic acids is 1. The Morgan fingerprint density at radius 2 is 2.11 bits per heavy atom. The molecule has 1 amide bonds. The van der Waals surface area contributed by atoms with Crippen LogP contribution in [0, 0.1) is 0 Å². The van der Waals surface area contributed by atoms with Crippen molar-refractivity contribution < 1.29 is 4.79 Å². The summed E-state index contributed by atoms with van der Waals surface area (Å²) in [5, 5.41) is 3.19. The SMILES string of the molecule is CCN1CCCCC(NC(=O)Cc2ccccc2)C1. The molecule has 1 aliphatic heterocycles. The Bertz CT molecular complexity index is 391. The van der Waals surface area contributed by atoms with E-state index in [1.807, 2.05) is 30.3 Å². The smallest absolute Gasteiger partial charge is 0.224 e. The normalized spacial score (nSPS) is 20.8. The van der Waals surface area contributed by atoms with Gasteiger partial charge in [0, 0.05) is 12.6 Å². The Labute approximate surface area is 116 Å². The van der Waals surface area contributed by atoms with Crippen LogP contribution in [-0.4, -0.2) is 36.5 Å². The van der Waals surface area contributed by atoms with E-state index in [1.165, 1.54) is 19.4 Å². The van der Waals surface area contributed by atoms with Crippen molar-refractivity contribution >= 4 is 5.91 Å². The molecule has 1 aliphatic rings. The molecular formula is C16H24N2O. The first-order valence-corrected chi connectivity index (χ1v) is 7.33. The molecule has 0 bridgehead atoms. The van der Waals surface area contributed by atoms with E-state index < -0.39 is 0 Å². The highest BCUT2D eigenvalue weighted by Crippen LogP contribution is 2.10. The Kier molecular flexibility index (Phi) is 5.40. The molecule has 3 heteroatoms. The monoisotopic (exact) mass is 260 g/mol. The lowest BCUT2D eigenvalue weighted by Crippen LogP contribution is -2.43. The number of likely N-dealkylation sites (tertiary alicyclic amines) is 1. The van der Waals surface area contributed by atoms with Crippen LogP contribution in [0.5, 0.6) is 0 Å². The molecule has 1 heterocycles. The average Bonchev–Trinajstić information content (AvgIpc) is 2.65. The summed E-state index contributed by atoms with van der Waals surface area (Å²) in [6.45, 7) is 5.43. The molecule has 3 nitrogen and oxygen atoms in total. The zero-order valence-electron chi connectivity index (χ0n) is 11.8. The number of nitrogens with zero attached hydrogens (tertiary/aromatic N) is 1. The summed E-state index contributed by atoms with van der Waals surface area (Å²) in [6.07, 6.45) is 4.06. The van der Waals surface area contributed by atoms with Gasteiger partial charge in [-0.05, 0) is 31.5 Å². The standard InChI is InChI=1S/C16H24N2O/c1-2-18-11-7-6-10-15(13-18)17-16(19)12-14-8-4-3-5-9-14/h3-5,8-9,15H,2,6-7,10-13H2,1H3,(H,17,19). The van der Waals surface area contributed by atoms with Crippen LogP contribution < -0.4 is 5.32 Å². The second kappa shape index (κ2) is 7.29. The Morgan fingerprint density at radius 3 is 2.84 bits per heavy atom. The number of benzene rings is 1. The molecule has 104 valence electrons. The van der Waals surface area contributed by atoms with E-state index in [0.717, 1.165) is 25.1 Å². The minimum atomic E-state index is 0.147. The molecule has 19 heavy (non-hydrogen) atoms. The molecule has 0 spiro atoms. The molecule has 0 aliphatic carbocycles. The molecule has 0 saturated carbocycles. The second-order valence-electron chi connectivity index (χ2n) is 5.32. The molecule has 0 radical (unpaired) electrons. The van der Waals surface area contributed by atoms with Crippen molar-refractivity contribution in [3.63, 3.8) is 0 Å². The minimum absolute atomic E-state index is 0.147. The van der Waals surface area contributed by atoms with Gasteiger partial charge in [0.05, 0.1) is 6.42 Å². The van der Waals surface area contributed by atoms with Gasteiger partial charge in [0.25, 0.3) is 0 Å². The summed E-state index contributed by atoms with van der Waals surface area (Å²) in [6, 6.07) is 10.3. The van der Waals surface area contributed by atoms with Gasteiger partial charge in [-0.2, -0.15) is 0 Å². The number of amides is 1. The van der Waals surface area contributed by atoms with Gasteiger partial charge < -0.3 is 10.2 Å². The van der Waals surface area contributed by atoms with Gasteiger partial charge in [0.1, 0.15) is 0 Å². The highest BCUT2D eigenvalue weighted by Gasteiger charge is 2.18. The van der Waals surface area contributed by atoms with Gasteiger partial charge >= 0.3 is 0 Å². The van der Waals surface area contributed by atoms with E-state index in [9.17, 15) is 4.79 Å². The largest absolute Gasteiger partial charge is 0.352 e. The fraction of sp³-hybridized carbons (Fsp3) is 0.562. The van der Waals surface area contributed by atoms with Crippen LogP contribution in [-0.2, 0) is 11.2 Å². The lowest BCUT2D eigenvalue weighted by Gasteiger charge is -2.23. The first-order valence-electron chi connectivity index (χ1n) is 7.33. The van der Waals surface area contributed by atoms with Crippen molar-refractivity contribution in [2.75, 3.05) is 19.6 Å². The maximum atomic E-state index is 12.1. The number of rotatable bonds is 4. The van der Waals surface area contributed by atoms with Crippen LogP contribution in [0.4, 0.5) is 0 Å². The molecule has 2 rings (SSSR count). The van der Waals surface area contributed by atoms with Crippen LogP contribution in [0.2, 0.25) is 0 Å². The first-order chi connectivity index (χ1) is 9.28. The van der Waals surface area contributed by atoms with Gasteiger partial charge in [-0.1, -0.05) is 43.7 Å². The number of carbonyl (C=O) groups is 1. The summed E-state index contributed by atoms with van der Waals surface area (Å²) in [5.74, 6) is 0.147. The third kappa shape index (κ3) is 4.67. The summed E-state index contributed by atoms with van der Waals surface area (Å²) in [4.78, 5) is 14.5. The molecule has 1 unspecified atom stereocenters. The van der Waals surface area contributed by atoms with Gasteiger partial charge in [0.15, 0.2) is 0 Å². The summed E-state index contributed by atoms with van der Waals surface area (Å²) in [7, 11) is 0. The van der Waals surface area contributed by atoms with Crippen molar-refractivity contribution in [3.05, 3.63) is 35.9 Å². The van der Waals surface area contributed by atoms with Crippen LogP contribution in [0.25, 0.3) is 0 Å². The zero-order valence-corrected chi connectivity index (χ0v) is 11.8. The third-order valence-electron chi connectivity index (χ3n) is 3.78. The maximum Gasteiger partial charge on any atom is 0.224 e. The molecular weight excluding hydrogens is 236 g/mol. The predicted molar refractivity (Wildman–Crippen MR) is 78.0 cm³/mol. The number of hydrogen-bond donors (Lipinski definition) is 1. The topological polar surface area (TPSA) is 32.3 Å².